The molecular formula is C21H22N4O3. The lowest BCUT2D eigenvalue weighted by atomic mass is 9.94. The van der Waals surface area contributed by atoms with Crippen LogP contribution in [0.15, 0.2) is 48.8 Å². The lowest BCUT2D eigenvalue weighted by Crippen LogP contribution is -2.38. The first kappa shape index (κ1) is 18.2. The van der Waals surface area contributed by atoms with Gasteiger partial charge in [0.2, 0.25) is 5.78 Å². The van der Waals surface area contributed by atoms with E-state index in [1.54, 1.807) is 48.3 Å². The quantitative estimate of drug-likeness (QED) is 0.472. The summed E-state index contributed by atoms with van der Waals surface area (Å²) in [6.07, 6.45) is 9.93. The van der Waals surface area contributed by atoms with E-state index in [4.69, 9.17) is 0 Å². The maximum Gasteiger partial charge on any atom is 0.313 e. The van der Waals surface area contributed by atoms with E-state index in [1.165, 1.54) is 0 Å². The fourth-order valence-electron chi connectivity index (χ4n) is 4.07. The Balaban J connectivity index is 1.35. The molecule has 2 aliphatic rings. The average molecular weight is 378 g/mol. The number of carbonyl (C=O) groups is 3. The van der Waals surface area contributed by atoms with Crippen LogP contribution in [-0.2, 0) is 16.6 Å². The highest BCUT2D eigenvalue weighted by molar-refractivity contribution is 6.39. The van der Waals surface area contributed by atoms with Gasteiger partial charge in [0.1, 0.15) is 0 Å². The van der Waals surface area contributed by atoms with E-state index in [-0.39, 0.29) is 5.78 Å². The number of rotatable bonds is 5. The van der Waals surface area contributed by atoms with Crippen molar-refractivity contribution >= 4 is 23.3 Å². The number of allylic oxidation sites excluding steroid dienone is 2. The molecule has 28 heavy (non-hydrogen) atoms. The number of anilines is 1. The van der Waals surface area contributed by atoms with Crippen LogP contribution in [0, 0.1) is 17.8 Å². The molecular weight excluding hydrogens is 356 g/mol. The van der Waals surface area contributed by atoms with Gasteiger partial charge in [0.15, 0.2) is 5.82 Å². The van der Waals surface area contributed by atoms with Crippen LogP contribution in [0.3, 0.4) is 0 Å². The number of nitrogens with one attached hydrogen (secondary N) is 2. The number of aryl methyl sites for hydroxylation is 1. The van der Waals surface area contributed by atoms with Crippen LogP contribution in [-0.4, -0.2) is 33.7 Å². The molecule has 2 bridgehead atoms. The average Bonchev–Trinajstić information content (AvgIpc) is 3.42. The zero-order valence-corrected chi connectivity index (χ0v) is 15.6. The number of ketones is 1. The molecule has 144 valence electrons. The molecule has 1 aromatic heterocycles. The molecule has 2 N–H and O–H groups in total. The summed E-state index contributed by atoms with van der Waals surface area (Å²) in [7, 11) is 1.74. The molecule has 1 fully saturated rings. The Morgan fingerprint density at radius 3 is 2.71 bits per heavy atom. The molecule has 7 heteroatoms. The fourth-order valence-corrected chi connectivity index (χ4v) is 4.07. The normalized spacial score (nSPS) is 22.2. The van der Waals surface area contributed by atoms with Crippen molar-refractivity contribution in [3.8, 4) is 0 Å². The number of benzene rings is 1. The van der Waals surface area contributed by atoms with Crippen LogP contribution in [0.25, 0.3) is 0 Å². The van der Waals surface area contributed by atoms with Crippen LogP contribution in [0.1, 0.15) is 29.0 Å². The fraction of sp³-hybridized carbons (Fsp3) is 0.333. The standard InChI is InChI=1S/C21H22N4O3/c1-25-8-7-22-19(25)18(26)15-3-2-4-17(11-15)24-21(28)20(27)23-12-16-10-13-5-6-14(16)9-13/h2-8,11,13-14,16H,9-10,12H2,1H3,(H,23,27)(H,24,28)/t13-,14-,16+/m0/s1. The minimum Gasteiger partial charge on any atom is -0.348 e. The second kappa shape index (κ2) is 7.42. The van der Waals surface area contributed by atoms with Crippen LogP contribution in [0.4, 0.5) is 5.69 Å². The summed E-state index contributed by atoms with van der Waals surface area (Å²) in [5.41, 5.74) is 0.782. The molecule has 0 saturated heterocycles. The maximum atomic E-state index is 12.5. The van der Waals surface area contributed by atoms with Crippen LogP contribution >= 0.6 is 0 Å². The van der Waals surface area contributed by atoms with E-state index >= 15 is 0 Å². The summed E-state index contributed by atoms with van der Waals surface area (Å²) in [5.74, 6) is 0.207. The Hall–Kier alpha value is -3.22. The van der Waals surface area contributed by atoms with E-state index in [0.717, 1.165) is 12.8 Å². The molecule has 2 aliphatic carbocycles. The molecule has 2 aromatic rings. The Kier molecular flexibility index (Phi) is 4.81. The molecule has 0 unspecified atom stereocenters. The van der Waals surface area contributed by atoms with Crippen molar-refractivity contribution in [3.63, 3.8) is 0 Å². The number of aromatic nitrogens is 2. The molecule has 4 rings (SSSR count). The van der Waals surface area contributed by atoms with Gasteiger partial charge in [-0.3, -0.25) is 14.4 Å². The van der Waals surface area contributed by atoms with Crippen molar-refractivity contribution in [2.45, 2.75) is 12.8 Å². The Morgan fingerprint density at radius 1 is 1.18 bits per heavy atom. The third-order valence-electron chi connectivity index (χ3n) is 5.55. The van der Waals surface area contributed by atoms with Gasteiger partial charge in [-0.25, -0.2) is 4.98 Å². The molecule has 0 radical (unpaired) electrons. The molecule has 7 nitrogen and oxygen atoms in total. The monoisotopic (exact) mass is 378 g/mol. The second-order valence-corrected chi connectivity index (χ2v) is 7.48. The lowest BCUT2D eigenvalue weighted by molar-refractivity contribution is -0.136. The summed E-state index contributed by atoms with van der Waals surface area (Å²) in [4.78, 5) is 40.9. The molecule has 0 aliphatic heterocycles. The Bertz CT molecular complexity index is 962. The number of amides is 2. The number of carbonyl (C=O) groups excluding carboxylic acids is 3. The van der Waals surface area contributed by atoms with Gasteiger partial charge in [-0.15, -0.1) is 0 Å². The van der Waals surface area contributed by atoms with Gasteiger partial charge in [-0.1, -0.05) is 24.3 Å². The number of hydrogen-bond acceptors (Lipinski definition) is 4. The first-order chi connectivity index (χ1) is 13.5. The van der Waals surface area contributed by atoms with Crippen molar-refractivity contribution < 1.29 is 14.4 Å². The Labute approximate surface area is 162 Å². The third-order valence-corrected chi connectivity index (χ3v) is 5.55. The highest BCUT2D eigenvalue weighted by Gasteiger charge is 2.35. The first-order valence-electron chi connectivity index (χ1n) is 9.41. The number of imidazole rings is 1. The summed E-state index contributed by atoms with van der Waals surface area (Å²) in [6, 6.07) is 6.49. The van der Waals surface area contributed by atoms with Crippen molar-refractivity contribution in [3.05, 3.63) is 60.2 Å². The van der Waals surface area contributed by atoms with Gasteiger partial charge in [0, 0.05) is 37.2 Å². The van der Waals surface area contributed by atoms with Crippen molar-refractivity contribution in [1.82, 2.24) is 14.9 Å². The minimum absolute atomic E-state index is 0.252. The summed E-state index contributed by atoms with van der Waals surface area (Å²) < 4.78 is 1.63. The van der Waals surface area contributed by atoms with E-state index in [1.807, 2.05) is 0 Å². The summed E-state index contributed by atoms with van der Waals surface area (Å²) >= 11 is 0. The molecule has 1 heterocycles. The minimum atomic E-state index is -0.736. The van der Waals surface area contributed by atoms with Crippen molar-refractivity contribution in [1.29, 1.82) is 0 Å². The van der Waals surface area contributed by atoms with Gasteiger partial charge in [0.25, 0.3) is 0 Å². The van der Waals surface area contributed by atoms with Gasteiger partial charge in [-0.05, 0) is 42.7 Å². The van der Waals surface area contributed by atoms with Crippen LogP contribution in [0.2, 0.25) is 0 Å². The highest BCUT2D eigenvalue weighted by atomic mass is 16.2. The zero-order chi connectivity index (χ0) is 19.7. The van der Waals surface area contributed by atoms with Gasteiger partial charge < -0.3 is 15.2 Å². The molecule has 1 saturated carbocycles. The van der Waals surface area contributed by atoms with Crippen LogP contribution < -0.4 is 10.6 Å². The molecule has 1 aromatic carbocycles. The number of hydrogen-bond donors (Lipinski definition) is 2. The Morgan fingerprint density at radius 2 is 2.04 bits per heavy atom. The predicted octanol–water partition coefficient (Wildman–Crippen LogP) is 1.92. The van der Waals surface area contributed by atoms with E-state index < -0.39 is 11.8 Å². The van der Waals surface area contributed by atoms with Gasteiger partial charge in [0.05, 0.1) is 0 Å². The third kappa shape index (κ3) is 3.60. The zero-order valence-electron chi connectivity index (χ0n) is 15.6. The van der Waals surface area contributed by atoms with Gasteiger partial charge >= 0.3 is 11.8 Å². The topological polar surface area (TPSA) is 93.1 Å². The first-order valence-corrected chi connectivity index (χ1v) is 9.41. The largest absolute Gasteiger partial charge is 0.348 e. The van der Waals surface area contributed by atoms with Gasteiger partial charge in [-0.2, -0.15) is 0 Å². The second-order valence-electron chi connectivity index (χ2n) is 7.48. The smallest absolute Gasteiger partial charge is 0.313 e. The van der Waals surface area contributed by atoms with E-state index in [2.05, 4.69) is 27.8 Å². The summed E-state index contributed by atoms with van der Waals surface area (Å²) in [6.45, 7) is 0.509. The lowest BCUT2D eigenvalue weighted by Gasteiger charge is -2.18. The SMILES string of the molecule is Cn1ccnc1C(=O)c1cccc(NC(=O)C(=O)NC[C@H]2C[C@H]3C=C[C@H]2C3)c1. The van der Waals surface area contributed by atoms with Crippen molar-refractivity contribution in [2.24, 2.45) is 24.8 Å². The van der Waals surface area contributed by atoms with Crippen LogP contribution in [0.5, 0.6) is 0 Å². The number of fused-ring (bicyclic) bond motifs is 2. The summed E-state index contributed by atoms with van der Waals surface area (Å²) in [5, 5.41) is 5.29. The predicted molar refractivity (Wildman–Crippen MR) is 104 cm³/mol. The maximum absolute atomic E-state index is 12.5. The highest BCUT2D eigenvalue weighted by Crippen LogP contribution is 2.42. The van der Waals surface area contributed by atoms with E-state index in [9.17, 15) is 14.4 Å². The van der Waals surface area contributed by atoms with E-state index in [0.29, 0.717) is 41.4 Å². The molecule has 0 spiro atoms. The number of nitrogens with zero attached hydrogens (tertiary/aromatic N) is 2. The van der Waals surface area contributed by atoms with Crippen molar-refractivity contribution in [2.75, 3.05) is 11.9 Å². The molecule has 3 atom stereocenters. The molecule has 2 amide bonds.